The molecule has 0 spiro atoms. The highest BCUT2D eigenvalue weighted by Gasteiger charge is 2.26. The molecule has 0 bridgehead atoms. The number of likely N-dealkylation sites (tertiary alicyclic amines) is 1. The Morgan fingerprint density at radius 3 is 2.72 bits per heavy atom. The highest BCUT2D eigenvalue weighted by atomic mass is 16.5. The second kappa shape index (κ2) is 9.73. The molecule has 0 saturated carbocycles. The zero-order valence-corrected chi connectivity index (χ0v) is 12.3. The quantitative estimate of drug-likeness (QED) is 0.633. The summed E-state index contributed by atoms with van der Waals surface area (Å²) < 4.78 is 10.5. The number of nitrogens with one attached hydrogen (secondary N) is 1. The molecule has 1 aliphatic heterocycles. The first-order valence-electron chi connectivity index (χ1n) is 7.34. The van der Waals surface area contributed by atoms with Crippen LogP contribution in [0.15, 0.2) is 0 Å². The monoisotopic (exact) mass is 258 g/mol. The molecule has 2 unspecified atom stereocenters. The van der Waals surface area contributed by atoms with E-state index >= 15 is 0 Å². The smallest absolute Gasteiger partial charge is 0.0700 e. The summed E-state index contributed by atoms with van der Waals surface area (Å²) >= 11 is 0. The van der Waals surface area contributed by atoms with Gasteiger partial charge in [0.25, 0.3) is 0 Å². The van der Waals surface area contributed by atoms with Gasteiger partial charge in [0.1, 0.15) is 0 Å². The Morgan fingerprint density at radius 1 is 1.22 bits per heavy atom. The van der Waals surface area contributed by atoms with Crippen LogP contribution in [0.5, 0.6) is 0 Å². The van der Waals surface area contributed by atoms with Gasteiger partial charge in [-0.2, -0.15) is 0 Å². The van der Waals surface area contributed by atoms with E-state index in [9.17, 15) is 0 Å². The van der Waals surface area contributed by atoms with Crippen molar-refractivity contribution in [3.8, 4) is 0 Å². The molecule has 18 heavy (non-hydrogen) atoms. The Kier molecular flexibility index (Phi) is 8.59. The third-order valence-electron chi connectivity index (χ3n) is 3.79. The number of hydrogen-bond acceptors (Lipinski definition) is 4. The van der Waals surface area contributed by atoms with Gasteiger partial charge in [-0.05, 0) is 25.4 Å². The van der Waals surface area contributed by atoms with Crippen LogP contribution in [0.2, 0.25) is 0 Å². The maximum atomic E-state index is 5.54. The van der Waals surface area contributed by atoms with E-state index in [0.29, 0.717) is 19.3 Å². The minimum Gasteiger partial charge on any atom is -0.382 e. The van der Waals surface area contributed by atoms with Crippen molar-refractivity contribution in [2.45, 2.75) is 32.7 Å². The van der Waals surface area contributed by atoms with Gasteiger partial charge in [0.15, 0.2) is 0 Å². The van der Waals surface area contributed by atoms with Gasteiger partial charge in [0, 0.05) is 26.2 Å². The minimum absolute atomic E-state index is 0.695. The molecule has 1 aliphatic rings. The number of methoxy groups -OCH3 is 1. The van der Waals surface area contributed by atoms with Crippen molar-refractivity contribution >= 4 is 0 Å². The Hall–Kier alpha value is -0.160. The fraction of sp³-hybridized carbons (Fsp3) is 1.00. The fourth-order valence-corrected chi connectivity index (χ4v) is 2.69. The van der Waals surface area contributed by atoms with Crippen LogP contribution in [0.4, 0.5) is 0 Å². The number of nitrogens with zero attached hydrogens (tertiary/aromatic N) is 1. The first kappa shape index (κ1) is 15.9. The van der Waals surface area contributed by atoms with Gasteiger partial charge >= 0.3 is 0 Å². The van der Waals surface area contributed by atoms with Crippen LogP contribution >= 0.6 is 0 Å². The summed E-state index contributed by atoms with van der Waals surface area (Å²) in [7, 11) is 1.71. The van der Waals surface area contributed by atoms with Crippen molar-refractivity contribution in [3.63, 3.8) is 0 Å². The lowest BCUT2D eigenvalue weighted by Crippen LogP contribution is -2.49. The largest absolute Gasteiger partial charge is 0.382 e. The molecule has 1 N–H and O–H groups in total. The van der Waals surface area contributed by atoms with Gasteiger partial charge in [0.05, 0.1) is 19.8 Å². The SMILES string of the molecule is CCNC1CCN(CCOCCOC)CC1CC. The fourth-order valence-electron chi connectivity index (χ4n) is 2.69. The second-order valence-electron chi connectivity index (χ2n) is 5.03. The molecule has 2 atom stereocenters. The first-order valence-corrected chi connectivity index (χ1v) is 7.34. The first-order chi connectivity index (χ1) is 8.81. The average molecular weight is 258 g/mol. The normalized spacial score (nSPS) is 25.5. The average Bonchev–Trinajstić information content (AvgIpc) is 2.40. The van der Waals surface area contributed by atoms with E-state index in [4.69, 9.17) is 9.47 Å². The van der Waals surface area contributed by atoms with E-state index in [1.54, 1.807) is 7.11 Å². The van der Waals surface area contributed by atoms with Crippen LogP contribution in [-0.2, 0) is 9.47 Å². The van der Waals surface area contributed by atoms with Crippen LogP contribution in [0, 0.1) is 5.92 Å². The van der Waals surface area contributed by atoms with E-state index in [0.717, 1.165) is 25.6 Å². The third kappa shape index (κ3) is 5.65. The lowest BCUT2D eigenvalue weighted by molar-refractivity contribution is 0.0448. The van der Waals surface area contributed by atoms with Crippen molar-refractivity contribution in [1.29, 1.82) is 0 Å². The van der Waals surface area contributed by atoms with E-state index in [1.807, 2.05) is 0 Å². The van der Waals surface area contributed by atoms with Crippen molar-refractivity contribution in [2.24, 2.45) is 5.92 Å². The molecule has 108 valence electrons. The van der Waals surface area contributed by atoms with Crippen LogP contribution in [0.25, 0.3) is 0 Å². The molecular formula is C14H30N2O2. The second-order valence-corrected chi connectivity index (χ2v) is 5.03. The Morgan fingerprint density at radius 2 is 2.06 bits per heavy atom. The number of hydrogen-bond donors (Lipinski definition) is 1. The van der Waals surface area contributed by atoms with Crippen LogP contribution in [0.1, 0.15) is 26.7 Å². The van der Waals surface area contributed by atoms with Crippen LogP contribution in [0.3, 0.4) is 0 Å². The van der Waals surface area contributed by atoms with Gasteiger partial charge in [0.2, 0.25) is 0 Å². The molecule has 0 aromatic carbocycles. The summed E-state index contributed by atoms with van der Waals surface area (Å²) in [6.45, 7) is 11.3. The molecule has 0 aromatic rings. The van der Waals surface area contributed by atoms with E-state index in [-0.39, 0.29) is 0 Å². The molecule has 4 nitrogen and oxygen atoms in total. The summed E-state index contributed by atoms with van der Waals surface area (Å²) in [6.07, 6.45) is 2.53. The lowest BCUT2D eigenvalue weighted by atomic mass is 9.90. The van der Waals surface area contributed by atoms with E-state index in [1.165, 1.54) is 25.9 Å². The molecule has 0 aromatic heterocycles. The highest BCUT2D eigenvalue weighted by Crippen LogP contribution is 2.19. The highest BCUT2D eigenvalue weighted by molar-refractivity contribution is 4.84. The number of rotatable bonds is 9. The van der Waals surface area contributed by atoms with Crippen LogP contribution < -0.4 is 5.32 Å². The molecule has 1 saturated heterocycles. The van der Waals surface area contributed by atoms with E-state index in [2.05, 4.69) is 24.1 Å². The molecule has 0 amide bonds. The van der Waals surface area contributed by atoms with Gasteiger partial charge in [-0.25, -0.2) is 0 Å². The summed E-state index contributed by atoms with van der Waals surface area (Å²) in [6, 6.07) is 0.714. The number of ether oxygens (including phenoxy) is 2. The summed E-state index contributed by atoms with van der Waals surface area (Å²) in [5.41, 5.74) is 0. The summed E-state index contributed by atoms with van der Waals surface area (Å²) in [5.74, 6) is 0.790. The lowest BCUT2D eigenvalue weighted by Gasteiger charge is -2.38. The summed E-state index contributed by atoms with van der Waals surface area (Å²) in [4.78, 5) is 2.54. The van der Waals surface area contributed by atoms with Crippen molar-refractivity contribution < 1.29 is 9.47 Å². The Balaban J connectivity index is 2.17. The topological polar surface area (TPSA) is 33.7 Å². The zero-order valence-electron chi connectivity index (χ0n) is 12.3. The van der Waals surface area contributed by atoms with Crippen LogP contribution in [-0.4, -0.2) is 64.1 Å². The molecule has 1 heterocycles. The standard InChI is InChI=1S/C14H30N2O2/c1-4-13-12-16(7-6-14(13)15-5-2)8-9-18-11-10-17-3/h13-15H,4-12H2,1-3H3. The molecule has 1 fully saturated rings. The molecule has 0 radical (unpaired) electrons. The predicted octanol–water partition coefficient (Wildman–Crippen LogP) is 1.36. The maximum absolute atomic E-state index is 5.54. The predicted molar refractivity (Wildman–Crippen MR) is 75.0 cm³/mol. The molecular weight excluding hydrogens is 228 g/mol. The Bertz CT molecular complexity index is 202. The van der Waals surface area contributed by atoms with Crippen molar-refractivity contribution in [2.75, 3.05) is 53.1 Å². The van der Waals surface area contributed by atoms with Gasteiger partial charge in [-0.3, -0.25) is 0 Å². The zero-order chi connectivity index (χ0) is 13.2. The third-order valence-corrected chi connectivity index (χ3v) is 3.79. The maximum Gasteiger partial charge on any atom is 0.0700 e. The molecule has 0 aliphatic carbocycles. The van der Waals surface area contributed by atoms with Crippen molar-refractivity contribution in [3.05, 3.63) is 0 Å². The van der Waals surface area contributed by atoms with Gasteiger partial charge < -0.3 is 19.7 Å². The molecule has 1 rings (SSSR count). The van der Waals surface area contributed by atoms with Gasteiger partial charge in [-0.15, -0.1) is 0 Å². The molecule has 4 heteroatoms. The number of piperidine rings is 1. The van der Waals surface area contributed by atoms with Crippen molar-refractivity contribution in [1.82, 2.24) is 10.2 Å². The van der Waals surface area contributed by atoms with Gasteiger partial charge in [-0.1, -0.05) is 20.3 Å². The Labute approximate surface area is 112 Å². The minimum atomic E-state index is 0.695. The summed E-state index contributed by atoms with van der Waals surface area (Å²) in [5, 5.41) is 3.62. The van der Waals surface area contributed by atoms with E-state index < -0.39 is 0 Å².